The molecule has 8 nitrogen and oxygen atoms in total. The van der Waals surface area contributed by atoms with Gasteiger partial charge in [0.1, 0.15) is 16.8 Å². The number of benzene rings is 2. The molecule has 0 saturated heterocycles. The molecule has 0 bridgehead atoms. The molecule has 2 amide bonds. The fourth-order valence-corrected chi connectivity index (χ4v) is 3.09. The molecule has 0 spiro atoms. The molecule has 11 heteroatoms. The smallest absolute Gasteiger partial charge is 0.387 e. The van der Waals surface area contributed by atoms with Crippen molar-refractivity contribution in [2.45, 2.75) is 39.5 Å². The summed E-state index contributed by atoms with van der Waals surface area (Å²) in [5.74, 6) is -1.55. The third-order valence-corrected chi connectivity index (χ3v) is 4.90. The Morgan fingerprint density at radius 3 is 2.38 bits per heavy atom. The maximum atomic E-state index is 12.8. The number of alkyl halides is 2. The van der Waals surface area contributed by atoms with Crippen LogP contribution in [-0.2, 0) is 4.79 Å². The number of hydrogen-bond acceptors (Lipinski definition) is 5. The van der Waals surface area contributed by atoms with E-state index in [1.165, 1.54) is 30.3 Å². The number of amides is 2. The molecule has 0 aliphatic heterocycles. The zero-order chi connectivity index (χ0) is 24.0. The van der Waals surface area contributed by atoms with Gasteiger partial charge in [-0.25, -0.2) is 0 Å². The predicted molar refractivity (Wildman–Crippen MR) is 114 cm³/mol. The van der Waals surface area contributed by atoms with Gasteiger partial charge in [-0.1, -0.05) is 37.6 Å². The van der Waals surface area contributed by atoms with E-state index in [-0.39, 0.29) is 22.3 Å². The van der Waals surface area contributed by atoms with Gasteiger partial charge in [-0.15, -0.1) is 0 Å². The highest BCUT2D eigenvalue weighted by Gasteiger charge is 2.27. The Kier molecular flexibility index (Phi) is 8.48. The first kappa shape index (κ1) is 25.0. The minimum Gasteiger partial charge on any atom is -0.435 e. The molecule has 0 fully saturated rings. The molecule has 0 aromatic heterocycles. The lowest BCUT2D eigenvalue weighted by Gasteiger charge is -2.24. The van der Waals surface area contributed by atoms with Crippen molar-refractivity contribution < 1.29 is 28.0 Å². The van der Waals surface area contributed by atoms with Gasteiger partial charge in [-0.2, -0.15) is 8.78 Å². The predicted octanol–water partition coefficient (Wildman–Crippen LogP) is 4.48. The quantitative estimate of drug-likeness (QED) is 0.415. The lowest BCUT2D eigenvalue weighted by Crippen LogP contribution is -2.50. The lowest BCUT2D eigenvalue weighted by atomic mass is 10.0. The maximum absolute atomic E-state index is 12.8. The number of rotatable bonds is 9. The summed E-state index contributed by atoms with van der Waals surface area (Å²) in [6, 6.07) is 7.96. The number of carbonyl (C=O) groups is 2. The van der Waals surface area contributed by atoms with Crippen LogP contribution in [0.15, 0.2) is 42.5 Å². The van der Waals surface area contributed by atoms with Gasteiger partial charge in [0.2, 0.25) is 5.91 Å². The number of nitrogens with one attached hydrogen (secondary N) is 2. The molecule has 2 unspecified atom stereocenters. The van der Waals surface area contributed by atoms with Crippen molar-refractivity contribution >= 4 is 29.1 Å². The Morgan fingerprint density at radius 2 is 1.78 bits per heavy atom. The number of nitro groups is 1. The van der Waals surface area contributed by atoms with E-state index < -0.39 is 41.1 Å². The first-order valence-electron chi connectivity index (χ1n) is 9.59. The Bertz CT molecular complexity index is 1000. The normalized spacial score (nSPS) is 12.9. The summed E-state index contributed by atoms with van der Waals surface area (Å²) in [6.07, 6.45) is 0. The number of hydrogen-bond donors (Lipinski definition) is 2. The van der Waals surface area contributed by atoms with Gasteiger partial charge in [-0.05, 0) is 42.7 Å². The van der Waals surface area contributed by atoms with E-state index in [0.717, 1.165) is 6.07 Å². The van der Waals surface area contributed by atoms with Crippen molar-refractivity contribution in [3.63, 3.8) is 0 Å². The monoisotopic (exact) mass is 469 g/mol. The summed E-state index contributed by atoms with van der Waals surface area (Å²) in [5.41, 5.74) is 0.0764. The van der Waals surface area contributed by atoms with Crippen LogP contribution in [0, 0.1) is 16.0 Å². The third kappa shape index (κ3) is 6.61. The van der Waals surface area contributed by atoms with Crippen LogP contribution >= 0.6 is 11.6 Å². The van der Waals surface area contributed by atoms with Gasteiger partial charge in [0.25, 0.3) is 11.6 Å². The van der Waals surface area contributed by atoms with E-state index in [4.69, 9.17) is 11.6 Å². The van der Waals surface area contributed by atoms with Crippen LogP contribution in [0.25, 0.3) is 0 Å². The van der Waals surface area contributed by atoms with Crippen LogP contribution in [0.4, 0.5) is 14.5 Å². The molecule has 0 radical (unpaired) electrons. The SMILES string of the molecule is CC(NC(=O)C(NC(=O)c1ccc(Cl)c([N+](=O)[O-])c1)C(C)C)c1cccc(OC(F)F)c1. The summed E-state index contributed by atoms with van der Waals surface area (Å²) in [7, 11) is 0. The highest BCUT2D eigenvalue weighted by Crippen LogP contribution is 2.25. The first-order valence-corrected chi connectivity index (χ1v) is 9.97. The van der Waals surface area contributed by atoms with Gasteiger partial charge in [0.05, 0.1) is 11.0 Å². The van der Waals surface area contributed by atoms with Crippen molar-refractivity contribution in [1.82, 2.24) is 10.6 Å². The van der Waals surface area contributed by atoms with Crippen LogP contribution < -0.4 is 15.4 Å². The van der Waals surface area contributed by atoms with Crippen LogP contribution in [0.2, 0.25) is 5.02 Å². The number of carbonyl (C=O) groups excluding carboxylic acids is 2. The minimum absolute atomic E-state index is 0.0237. The number of ether oxygens (including phenoxy) is 1. The largest absolute Gasteiger partial charge is 0.435 e. The number of nitrogens with zero attached hydrogens (tertiary/aromatic N) is 1. The third-order valence-electron chi connectivity index (χ3n) is 4.58. The van der Waals surface area contributed by atoms with Gasteiger partial charge in [-0.3, -0.25) is 19.7 Å². The Morgan fingerprint density at radius 1 is 1.09 bits per heavy atom. The Balaban J connectivity index is 2.13. The average molecular weight is 470 g/mol. The van der Waals surface area contributed by atoms with Crippen LogP contribution in [0.3, 0.4) is 0 Å². The van der Waals surface area contributed by atoms with Crippen molar-refractivity contribution in [2.24, 2.45) is 5.92 Å². The highest BCUT2D eigenvalue weighted by atomic mass is 35.5. The molecule has 0 aliphatic rings. The van der Waals surface area contributed by atoms with Crippen molar-refractivity contribution in [3.8, 4) is 5.75 Å². The standard InChI is InChI=1S/C21H22ClF2N3O5/c1-11(2)18(26-19(28)14-7-8-16(22)17(10-14)27(30)31)20(29)25-12(3)13-5-4-6-15(9-13)32-21(23)24/h4-12,18,21H,1-3H3,(H,25,29)(H,26,28). The average Bonchev–Trinajstić information content (AvgIpc) is 2.71. The van der Waals surface area contributed by atoms with Crippen molar-refractivity contribution in [2.75, 3.05) is 0 Å². The van der Waals surface area contributed by atoms with Gasteiger partial charge in [0.15, 0.2) is 0 Å². The molecule has 2 aromatic carbocycles. The molecular formula is C21H22ClF2N3O5. The number of halogens is 3. The molecule has 32 heavy (non-hydrogen) atoms. The molecule has 0 heterocycles. The summed E-state index contributed by atoms with van der Waals surface area (Å²) in [4.78, 5) is 35.8. The molecule has 0 aliphatic carbocycles. The van der Waals surface area contributed by atoms with E-state index >= 15 is 0 Å². The lowest BCUT2D eigenvalue weighted by molar-refractivity contribution is -0.384. The van der Waals surface area contributed by atoms with E-state index in [9.17, 15) is 28.5 Å². The second-order valence-electron chi connectivity index (χ2n) is 7.30. The van der Waals surface area contributed by atoms with E-state index in [0.29, 0.717) is 5.56 Å². The molecule has 2 rings (SSSR count). The fraction of sp³-hybridized carbons (Fsp3) is 0.333. The van der Waals surface area contributed by atoms with E-state index in [2.05, 4.69) is 15.4 Å². The van der Waals surface area contributed by atoms with Gasteiger partial charge in [0, 0.05) is 11.6 Å². The summed E-state index contributed by atoms with van der Waals surface area (Å²) in [5, 5.41) is 16.2. The van der Waals surface area contributed by atoms with Crippen LogP contribution in [0.1, 0.15) is 42.7 Å². The fourth-order valence-electron chi connectivity index (χ4n) is 2.90. The molecule has 172 valence electrons. The summed E-state index contributed by atoms with van der Waals surface area (Å²) in [6.45, 7) is 2.12. The molecule has 0 saturated carbocycles. The molecule has 2 N–H and O–H groups in total. The molecule has 2 atom stereocenters. The van der Waals surface area contributed by atoms with Gasteiger partial charge < -0.3 is 15.4 Å². The molecule has 2 aromatic rings. The first-order chi connectivity index (χ1) is 15.0. The topological polar surface area (TPSA) is 111 Å². The summed E-state index contributed by atoms with van der Waals surface area (Å²) >= 11 is 5.77. The zero-order valence-corrected chi connectivity index (χ0v) is 18.2. The van der Waals surface area contributed by atoms with E-state index in [1.54, 1.807) is 26.8 Å². The highest BCUT2D eigenvalue weighted by molar-refractivity contribution is 6.32. The zero-order valence-electron chi connectivity index (χ0n) is 17.5. The van der Waals surface area contributed by atoms with Crippen LogP contribution in [0.5, 0.6) is 5.75 Å². The van der Waals surface area contributed by atoms with Crippen molar-refractivity contribution in [1.29, 1.82) is 0 Å². The molecular weight excluding hydrogens is 448 g/mol. The van der Waals surface area contributed by atoms with Crippen LogP contribution in [-0.4, -0.2) is 29.4 Å². The maximum Gasteiger partial charge on any atom is 0.387 e. The Hall–Kier alpha value is -3.27. The van der Waals surface area contributed by atoms with Crippen molar-refractivity contribution in [3.05, 3.63) is 68.7 Å². The Labute approximate surface area is 188 Å². The second-order valence-corrected chi connectivity index (χ2v) is 7.71. The van der Waals surface area contributed by atoms with E-state index in [1.807, 2.05) is 0 Å². The number of nitro benzene ring substituents is 1. The minimum atomic E-state index is -2.97. The summed E-state index contributed by atoms with van der Waals surface area (Å²) < 4.78 is 29.2. The second kappa shape index (κ2) is 10.9. The van der Waals surface area contributed by atoms with Gasteiger partial charge >= 0.3 is 6.61 Å².